The van der Waals surface area contributed by atoms with Crippen LogP contribution in [0.5, 0.6) is 5.75 Å². The molecule has 0 radical (unpaired) electrons. The number of hydrogen-bond acceptors (Lipinski definition) is 5. The number of carbonyl (C=O) groups excluding carboxylic acids is 3. The number of amides is 1. The molecule has 2 aliphatic rings. The van der Waals surface area contributed by atoms with Crippen LogP contribution in [0.25, 0.3) is 0 Å². The molecule has 7 heteroatoms. The molecule has 0 N–H and O–H groups in total. The topological polar surface area (TPSA) is 72.9 Å². The minimum absolute atomic E-state index is 0.0473. The molecule has 1 saturated carbocycles. The summed E-state index contributed by atoms with van der Waals surface area (Å²) in [5.74, 6) is -1.44. The molecular weight excluding hydrogens is 341 g/mol. The number of ketones is 1. The Bertz CT molecular complexity index is 708. The van der Waals surface area contributed by atoms with Gasteiger partial charge >= 0.3 is 5.97 Å². The second-order valence-electron chi connectivity index (χ2n) is 6.75. The van der Waals surface area contributed by atoms with Crippen molar-refractivity contribution in [2.24, 2.45) is 11.8 Å². The van der Waals surface area contributed by atoms with E-state index in [0.717, 1.165) is 18.9 Å². The van der Waals surface area contributed by atoms with E-state index < -0.39 is 24.2 Å². The summed E-state index contributed by atoms with van der Waals surface area (Å²) in [5.41, 5.74) is 0.126. The van der Waals surface area contributed by atoms with Crippen LogP contribution in [-0.2, 0) is 14.3 Å². The number of carbonyl (C=O) groups is 3. The van der Waals surface area contributed by atoms with Crippen molar-refractivity contribution >= 4 is 17.7 Å². The number of Topliss-reactive ketones (excluding diaryl/α,β-unsaturated/α-hetero) is 1. The van der Waals surface area contributed by atoms with Gasteiger partial charge in [-0.15, -0.1) is 0 Å². The standard InChI is InChI=1S/C19H22FNO5/c1-25-17-5-4-14(10-15(17)20)16(22)11-26-19(24)13-6-8-21(9-7-13)18(23)12-2-3-12/h4-5,10,12-13H,2-3,6-9,11H2,1H3. The number of rotatable bonds is 6. The van der Waals surface area contributed by atoms with Crippen molar-refractivity contribution in [3.8, 4) is 5.75 Å². The number of benzene rings is 1. The summed E-state index contributed by atoms with van der Waals surface area (Å²) in [6.45, 7) is 0.672. The Kier molecular flexibility index (Phi) is 5.54. The maximum atomic E-state index is 13.6. The lowest BCUT2D eigenvalue weighted by Crippen LogP contribution is -2.41. The Balaban J connectivity index is 1.46. The Labute approximate surface area is 151 Å². The summed E-state index contributed by atoms with van der Waals surface area (Å²) >= 11 is 0. The smallest absolute Gasteiger partial charge is 0.309 e. The lowest BCUT2D eigenvalue weighted by molar-refractivity contribution is -0.150. The average Bonchev–Trinajstić information content (AvgIpc) is 3.50. The third-order valence-electron chi connectivity index (χ3n) is 4.89. The fourth-order valence-electron chi connectivity index (χ4n) is 3.10. The zero-order chi connectivity index (χ0) is 18.7. The van der Waals surface area contributed by atoms with Gasteiger partial charge in [-0.05, 0) is 43.9 Å². The highest BCUT2D eigenvalue weighted by atomic mass is 19.1. The summed E-state index contributed by atoms with van der Waals surface area (Å²) in [7, 11) is 1.34. The minimum Gasteiger partial charge on any atom is -0.494 e. The van der Waals surface area contributed by atoms with Gasteiger partial charge in [-0.3, -0.25) is 14.4 Å². The number of halogens is 1. The fraction of sp³-hybridized carbons (Fsp3) is 0.526. The molecule has 0 unspecified atom stereocenters. The number of nitrogens with zero attached hydrogens (tertiary/aromatic N) is 1. The van der Waals surface area contributed by atoms with E-state index in [2.05, 4.69) is 0 Å². The quantitative estimate of drug-likeness (QED) is 0.572. The molecule has 1 aliphatic heterocycles. The van der Waals surface area contributed by atoms with Crippen LogP contribution in [0.3, 0.4) is 0 Å². The van der Waals surface area contributed by atoms with Crippen LogP contribution < -0.4 is 4.74 Å². The predicted molar refractivity (Wildman–Crippen MR) is 90.3 cm³/mol. The molecule has 2 fully saturated rings. The van der Waals surface area contributed by atoms with Crippen molar-refractivity contribution in [1.82, 2.24) is 4.90 Å². The van der Waals surface area contributed by atoms with Crippen LogP contribution in [0.4, 0.5) is 4.39 Å². The Morgan fingerprint density at radius 2 is 1.81 bits per heavy atom. The van der Waals surface area contributed by atoms with E-state index in [4.69, 9.17) is 9.47 Å². The van der Waals surface area contributed by atoms with E-state index in [0.29, 0.717) is 25.9 Å². The molecule has 1 aliphatic carbocycles. The van der Waals surface area contributed by atoms with E-state index in [-0.39, 0.29) is 29.1 Å². The summed E-state index contributed by atoms with van der Waals surface area (Å²) in [6.07, 6.45) is 3.02. The number of hydrogen-bond donors (Lipinski definition) is 0. The Hall–Kier alpha value is -2.44. The van der Waals surface area contributed by atoms with Gasteiger partial charge in [0.25, 0.3) is 0 Å². The molecule has 26 heavy (non-hydrogen) atoms. The molecule has 0 bridgehead atoms. The fourth-order valence-corrected chi connectivity index (χ4v) is 3.10. The first kappa shape index (κ1) is 18.4. The largest absolute Gasteiger partial charge is 0.494 e. The molecule has 0 atom stereocenters. The summed E-state index contributed by atoms with van der Waals surface area (Å²) in [5, 5.41) is 0. The maximum absolute atomic E-state index is 13.6. The van der Waals surface area contributed by atoms with Crippen LogP contribution in [0.2, 0.25) is 0 Å². The number of esters is 1. The first-order valence-corrected chi connectivity index (χ1v) is 8.81. The van der Waals surface area contributed by atoms with Gasteiger partial charge in [0.05, 0.1) is 13.0 Å². The number of piperidine rings is 1. The van der Waals surface area contributed by atoms with E-state index in [1.54, 1.807) is 0 Å². The Morgan fingerprint density at radius 3 is 2.38 bits per heavy atom. The van der Waals surface area contributed by atoms with Gasteiger partial charge in [-0.1, -0.05) is 0 Å². The molecule has 0 aromatic heterocycles. The number of methoxy groups -OCH3 is 1. The third kappa shape index (κ3) is 4.20. The van der Waals surface area contributed by atoms with E-state index in [9.17, 15) is 18.8 Å². The van der Waals surface area contributed by atoms with Crippen molar-refractivity contribution in [1.29, 1.82) is 0 Å². The average molecular weight is 363 g/mol. The van der Waals surface area contributed by atoms with E-state index >= 15 is 0 Å². The number of likely N-dealkylation sites (tertiary alicyclic amines) is 1. The predicted octanol–water partition coefficient (Wildman–Crippen LogP) is 2.21. The molecule has 1 aromatic rings. The van der Waals surface area contributed by atoms with Gasteiger partial charge < -0.3 is 14.4 Å². The number of ether oxygens (including phenoxy) is 2. The van der Waals surface area contributed by atoms with Gasteiger partial charge in [0.2, 0.25) is 5.91 Å². The summed E-state index contributed by atoms with van der Waals surface area (Å²) in [4.78, 5) is 38.0. The van der Waals surface area contributed by atoms with E-state index in [1.807, 2.05) is 4.90 Å². The third-order valence-corrected chi connectivity index (χ3v) is 4.89. The molecule has 0 spiro atoms. The minimum atomic E-state index is -0.641. The highest BCUT2D eigenvalue weighted by Gasteiger charge is 2.36. The van der Waals surface area contributed by atoms with Gasteiger partial charge in [-0.2, -0.15) is 0 Å². The normalized spacial score (nSPS) is 17.7. The Morgan fingerprint density at radius 1 is 1.12 bits per heavy atom. The first-order valence-electron chi connectivity index (χ1n) is 8.81. The second-order valence-corrected chi connectivity index (χ2v) is 6.75. The first-order chi connectivity index (χ1) is 12.5. The van der Waals surface area contributed by atoms with Crippen LogP contribution in [0, 0.1) is 17.7 Å². The zero-order valence-electron chi connectivity index (χ0n) is 14.7. The zero-order valence-corrected chi connectivity index (χ0v) is 14.7. The molecule has 6 nitrogen and oxygen atoms in total. The lowest BCUT2D eigenvalue weighted by Gasteiger charge is -2.31. The summed E-state index contributed by atoms with van der Waals surface area (Å²) < 4.78 is 23.6. The van der Waals surface area contributed by atoms with Gasteiger partial charge in [-0.25, -0.2) is 4.39 Å². The second kappa shape index (κ2) is 7.85. The SMILES string of the molecule is COc1ccc(C(=O)COC(=O)C2CCN(C(=O)C3CC3)CC2)cc1F. The highest BCUT2D eigenvalue weighted by Crippen LogP contribution is 2.32. The molecule has 3 rings (SSSR count). The summed E-state index contributed by atoms with van der Waals surface area (Å²) in [6, 6.07) is 3.86. The molecule has 1 heterocycles. The molecule has 1 aromatic carbocycles. The monoisotopic (exact) mass is 363 g/mol. The van der Waals surface area contributed by atoms with Gasteiger partial charge in [0.1, 0.15) is 0 Å². The molecule has 1 saturated heterocycles. The molecular formula is C19H22FNO5. The van der Waals surface area contributed by atoms with Crippen molar-refractivity contribution in [3.05, 3.63) is 29.6 Å². The van der Waals surface area contributed by atoms with Crippen molar-refractivity contribution in [3.63, 3.8) is 0 Å². The lowest BCUT2D eigenvalue weighted by atomic mass is 9.96. The highest BCUT2D eigenvalue weighted by molar-refractivity contribution is 5.98. The molecule has 1 amide bonds. The van der Waals surface area contributed by atoms with Crippen LogP contribution in [0.1, 0.15) is 36.0 Å². The maximum Gasteiger partial charge on any atom is 0.309 e. The van der Waals surface area contributed by atoms with Crippen molar-refractivity contribution in [2.75, 3.05) is 26.8 Å². The van der Waals surface area contributed by atoms with Gasteiger partial charge in [0.15, 0.2) is 24.0 Å². The van der Waals surface area contributed by atoms with Gasteiger partial charge in [0, 0.05) is 24.6 Å². The van der Waals surface area contributed by atoms with Crippen molar-refractivity contribution < 1.29 is 28.2 Å². The molecule has 140 valence electrons. The van der Waals surface area contributed by atoms with Crippen LogP contribution in [-0.4, -0.2) is 49.4 Å². The van der Waals surface area contributed by atoms with Crippen molar-refractivity contribution in [2.45, 2.75) is 25.7 Å². The van der Waals surface area contributed by atoms with Crippen LogP contribution in [0.15, 0.2) is 18.2 Å². The van der Waals surface area contributed by atoms with Crippen LogP contribution >= 0.6 is 0 Å². The van der Waals surface area contributed by atoms with E-state index in [1.165, 1.54) is 19.2 Å².